The Morgan fingerprint density at radius 2 is 2.06 bits per heavy atom. The molecule has 0 N–H and O–H groups in total. The molecule has 1 fully saturated rings. The molecule has 4 nitrogen and oxygen atoms in total. The second kappa shape index (κ2) is 5.43. The molecule has 1 aliphatic carbocycles. The van der Waals surface area contributed by atoms with Crippen LogP contribution in [0.15, 0.2) is 0 Å². The predicted octanol–water partition coefficient (Wildman–Crippen LogP) is 1.90. The third-order valence-corrected chi connectivity index (χ3v) is 3.45. The lowest BCUT2D eigenvalue weighted by Gasteiger charge is -2.24. The van der Waals surface area contributed by atoms with Gasteiger partial charge < -0.3 is 4.74 Å². The molecule has 0 saturated heterocycles. The topological polar surface area (TPSA) is 60.4 Å². The third-order valence-electron chi connectivity index (χ3n) is 3.45. The van der Waals surface area contributed by atoms with Gasteiger partial charge in [0.2, 0.25) is 5.78 Å². The maximum absolute atomic E-state index is 11.7. The van der Waals surface area contributed by atoms with Crippen molar-refractivity contribution in [2.75, 3.05) is 6.61 Å². The van der Waals surface area contributed by atoms with E-state index in [0.29, 0.717) is 25.7 Å². The molecule has 1 unspecified atom stereocenters. The van der Waals surface area contributed by atoms with E-state index in [4.69, 9.17) is 4.74 Å². The smallest absolute Gasteiger partial charge is 0.311 e. The van der Waals surface area contributed by atoms with Crippen LogP contribution in [0, 0.1) is 11.3 Å². The van der Waals surface area contributed by atoms with Gasteiger partial charge in [0.15, 0.2) is 5.78 Å². The van der Waals surface area contributed by atoms with Crippen molar-refractivity contribution in [3.63, 3.8) is 0 Å². The molecule has 4 heteroatoms. The summed E-state index contributed by atoms with van der Waals surface area (Å²) in [6.45, 7) is 5.58. The molecule has 0 aromatic heterocycles. The minimum atomic E-state index is -0.526. The highest BCUT2D eigenvalue weighted by Gasteiger charge is 2.32. The normalized spacial score (nSPS) is 21.5. The van der Waals surface area contributed by atoms with Gasteiger partial charge in [0.1, 0.15) is 6.61 Å². The molecule has 0 aliphatic heterocycles. The fraction of sp³-hybridized carbons (Fsp3) is 0.769. The first kappa shape index (κ1) is 13.9. The summed E-state index contributed by atoms with van der Waals surface area (Å²) in [6.07, 6.45) is 2.38. The molecule has 1 saturated carbocycles. The van der Waals surface area contributed by atoms with Crippen LogP contribution in [0.25, 0.3) is 0 Å². The summed E-state index contributed by atoms with van der Waals surface area (Å²) in [4.78, 5) is 34.4. The van der Waals surface area contributed by atoms with Gasteiger partial charge in [-0.1, -0.05) is 6.92 Å². The van der Waals surface area contributed by atoms with E-state index in [-0.39, 0.29) is 24.1 Å². The van der Waals surface area contributed by atoms with Gasteiger partial charge in [-0.25, -0.2) is 0 Å². The summed E-state index contributed by atoms with van der Waals surface area (Å²) < 4.78 is 5.14. The number of rotatable bonds is 4. The van der Waals surface area contributed by atoms with Crippen molar-refractivity contribution in [2.24, 2.45) is 11.3 Å². The second-order valence-electron chi connectivity index (χ2n) is 5.21. The lowest BCUT2D eigenvalue weighted by atomic mass is 9.87. The van der Waals surface area contributed by atoms with Crippen molar-refractivity contribution < 1.29 is 19.1 Å². The molecule has 0 bridgehead atoms. The average Bonchev–Trinajstić information content (AvgIpc) is 2.30. The van der Waals surface area contributed by atoms with Crippen LogP contribution in [0.4, 0.5) is 0 Å². The lowest BCUT2D eigenvalue weighted by molar-refractivity contribution is -0.157. The van der Waals surface area contributed by atoms with E-state index in [1.807, 2.05) is 20.8 Å². The molecule has 0 heterocycles. The Balaban J connectivity index is 2.48. The van der Waals surface area contributed by atoms with E-state index in [1.54, 1.807) is 0 Å². The Kier molecular flexibility index (Phi) is 4.43. The van der Waals surface area contributed by atoms with E-state index in [0.717, 1.165) is 0 Å². The van der Waals surface area contributed by atoms with Crippen molar-refractivity contribution in [2.45, 2.75) is 46.5 Å². The van der Waals surface area contributed by atoms with E-state index in [9.17, 15) is 14.4 Å². The fourth-order valence-corrected chi connectivity index (χ4v) is 1.67. The number of hydrogen-bond donors (Lipinski definition) is 0. The number of hydrogen-bond acceptors (Lipinski definition) is 4. The highest BCUT2D eigenvalue weighted by Crippen LogP contribution is 2.24. The quantitative estimate of drug-likeness (QED) is 0.556. The van der Waals surface area contributed by atoms with Gasteiger partial charge in [0.25, 0.3) is 0 Å². The van der Waals surface area contributed by atoms with Crippen molar-refractivity contribution >= 4 is 17.5 Å². The molecule has 0 aromatic rings. The van der Waals surface area contributed by atoms with Gasteiger partial charge in [0.05, 0.1) is 11.3 Å². The molecule has 1 atom stereocenters. The van der Waals surface area contributed by atoms with Crippen LogP contribution < -0.4 is 0 Å². The molecule has 1 aliphatic rings. The zero-order chi connectivity index (χ0) is 13.1. The standard InChI is InChI=1S/C13H20O4/c1-4-13(2,3)12(16)17-8-9-6-5-7-10(14)11(9)15/h9H,4-8H2,1-3H3. The predicted molar refractivity (Wildman–Crippen MR) is 62.4 cm³/mol. The summed E-state index contributed by atoms with van der Waals surface area (Å²) in [6, 6.07) is 0. The minimum absolute atomic E-state index is 0.0484. The maximum atomic E-state index is 11.7. The van der Waals surface area contributed by atoms with Crippen LogP contribution in [-0.4, -0.2) is 24.1 Å². The summed E-state index contributed by atoms with van der Waals surface area (Å²) in [5, 5.41) is 0. The Bertz CT molecular complexity index is 330. The zero-order valence-corrected chi connectivity index (χ0v) is 10.7. The minimum Gasteiger partial charge on any atom is -0.464 e. The maximum Gasteiger partial charge on any atom is 0.311 e. The molecule has 96 valence electrons. The Morgan fingerprint density at radius 3 is 2.65 bits per heavy atom. The van der Waals surface area contributed by atoms with Gasteiger partial charge in [0, 0.05) is 6.42 Å². The summed E-state index contributed by atoms with van der Waals surface area (Å²) in [5.41, 5.74) is -0.526. The SMILES string of the molecule is CCC(C)(C)C(=O)OCC1CCCC(=O)C1=O. The van der Waals surface area contributed by atoms with Crippen LogP contribution in [0.5, 0.6) is 0 Å². The van der Waals surface area contributed by atoms with E-state index < -0.39 is 11.3 Å². The van der Waals surface area contributed by atoms with Crippen LogP contribution in [-0.2, 0) is 19.1 Å². The van der Waals surface area contributed by atoms with E-state index in [1.165, 1.54) is 0 Å². The first-order valence-corrected chi connectivity index (χ1v) is 6.12. The number of carbonyl (C=O) groups excluding carboxylic acids is 3. The highest BCUT2D eigenvalue weighted by atomic mass is 16.5. The number of Topliss-reactive ketones (excluding diaryl/α,β-unsaturated/α-hetero) is 2. The van der Waals surface area contributed by atoms with Gasteiger partial charge in [-0.3, -0.25) is 14.4 Å². The number of esters is 1. The Labute approximate surface area is 102 Å². The van der Waals surface area contributed by atoms with Crippen LogP contribution in [0.3, 0.4) is 0 Å². The summed E-state index contributed by atoms with van der Waals surface area (Å²) in [5.74, 6) is -1.43. The highest BCUT2D eigenvalue weighted by molar-refractivity contribution is 6.38. The zero-order valence-electron chi connectivity index (χ0n) is 10.7. The second-order valence-corrected chi connectivity index (χ2v) is 5.21. The molecular formula is C13H20O4. The molecular weight excluding hydrogens is 220 g/mol. The number of ether oxygens (including phenoxy) is 1. The Hall–Kier alpha value is -1.19. The van der Waals surface area contributed by atoms with Gasteiger partial charge >= 0.3 is 5.97 Å². The van der Waals surface area contributed by atoms with Gasteiger partial charge in [-0.15, -0.1) is 0 Å². The molecule has 0 aromatic carbocycles. The van der Waals surface area contributed by atoms with Crippen molar-refractivity contribution in [1.29, 1.82) is 0 Å². The van der Waals surface area contributed by atoms with Crippen LogP contribution in [0.2, 0.25) is 0 Å². The monoisotopic (exact) mass is 240 g/mol. The van der Waals surface area contributed by atoms with Crippen molar-refractivity contribution in [3.05, 3.63) is 0 Å². The van der Waals surface area contributed by atoms with Crippen molar-refractivity contribution in [1.82, 2.24) is 0 Å². The summed E-state index contributed by atoms with van der Waals surface area (Å²) in [7, 11) is 0. The third kappa shape index (κ3) is 3.38. The molecule has 1 rings (SSSR count). The van der Waals surface area contributed by atoms with Crippen LogP contribution in [0.1, 0.15) is 46.5 Å². The van der Waals surface area contributed by atoms with Crippen molar-refractivity contribution in [3.8, 4) is 0 Å². The lowest BCUT2D eigenvalue weighted by Crippen LogP contribution is -2.34. The molecule has 0 spiro atoms. The molecule has 0 radical (unpaired) electrons. The fourth-order valence-electron chi connectivity index (χ4n) is 1.67. The molecule has 0 amide bonds. The largest absolute Gasteiger partial charge is 0.464 e. The van der Waals surface area contributed by atoms with Gasteiger partial charge in [-0.05, 0) is 33.1 Å². The van der Waals surface area contributed by atoms with Gasteiger partial charge in [-0.2, -0.15) is 0 Å². The first-order chi connectivity index (χ1) is 7.88. The van der Waals surface area contributed by atoms with E-state index in [2.05, 4.69) is 0 Å². The number of carbonyl (C=O) groups is 3. The summed E-state index contributed by atoms with van der Waals surface area (Å²) >= 11 is 0. The van der Waals surface area contributed by atoms with E-state index >= 15 is 0 Å². The average molecular weight is 240 g/mol. The first-order valence-electron chi connectivity index (χ1n) is 6.12. The Morgan fingerprint density at radius 1 is 1.41 bits per heavy atom. The number of ketones is 2. The molecule has 17 heavy (non-hydrogen) atoms. The van der Waals surface area contributed by atoms with Crippen LogP contribution >= 0.6 is 0 Å².